The topological polar surface area (TPSA) is 46.2 Å². The van der Waals surface area contributed by atoms with E-state index >= 15 is 0 Å². The van der Waals surface area contributed by atoms with Crippen LogP contribution in [0.15, 0.2) is 52.2 Å². The van der Waals surface area contributed by atoms with E-state index in [4.69, 9.17) is 0 Å². The van der Waals surface area contributed by atoms with E-state index in [0.717, 1.165) is 39.9 Å². The Morgan fingerprint density at radius 2 is 1.96 bits per heavy atom. The third-order valence-corrected chi connectivity index (χ3v) is 6.42. The Morgan fingerprint density at radius 3 is 2.69 bits per heavy atom. The van der Waals surface area contributed by atoms with Crippen LogP contribution in [-0.2, 0) is 9.59 Å². The molecule has 134 valence electrons. The molecule has 2 aromatic rings. The summed E-state index contributed by atoms with van der Waals surface area (Å²) in [4.78, 5) is 25.7. The molecule has 0 spiro atoms. The number of hydrogen-bond donors (Lipinski definition) is 1. The quantitative estimate of drug-likeness (QED) is 0.806. The molecular formula is C22H23NO2S. The average Bonchev–Trinajstić information content (AvgIpc) is 2.95. The molecule has 4 heteroatoms. The van der Waals surface area contributed by atoms with Gasteiger partial charge in [-0.25, -0.2) is 0 Å². The molecule has 0 fully saturated rings. The fourth-order valence-electron chi connectivity index (χ4n) is 4.44. The van der Waals surface area contributed by atoms with Gasteiger partial charge < -0.3 is 5.32 Å². The highest BCUT2D eigenvalue weighted by molar-refractivity contribution is 7.17. The van der Waals surface area contributed by atoms with Crippen molar-refractivity contribution >= 4 is 33.0 Å². The summed E-state index contributed by atoms with van der Waals surface area (Å²) < 4.78 is 1.19. The summed E-state index contributed by atoms with van der Waals surface area (Å²) in [7, 11) is 0. The van der Waals surface area contributed by atoms with E-state index in [1.807, 2.05) is 19.1 Å². The number of benzene rings is 1. The molecule has 0 saturated carbocycles. The number of fused-ring (bicyclic) bond motifs is 1. The van der Waals surface area contributed by atoms with Crippen LogP contribution >= 0.6 is 11.3 Å². The molecule has 1 aliphatic carbocycles. The van der Waals surface area contributed by atoms with Gasteiger partial charge in [-0.3, -0.25) is 9.59 Å². The molecule has 0 amide bonds. The minimum atomic E-state index is -0.261. The van der Waals surface area contributed by atoms with E-state index in [9.17, 15) is 9.59 Å². The highest BCUT2D eigenvalue weighted by Crippen LogP contribution is 2.48. The van der Waals surface area contributed by atoms with Crippen LogP contribution in [0.1, 0.15) is 52.0 Å². The Hall–Kier alpha value is -2.20. The first-order valence-electron chi connectivity index (χ1n) is 8.99. The number of carbonyl (C=O) groups is 2. The van der Waals surface area contributed by atoms with Crippen molar-refractivity contribution in [2.45, 2.75) is 46.5 Å². The molecule has 1 atom stereocenters. The summed E-state index contributed by atoms with van der Waals surface area (Å²) >= 11 is 1.67. The van der Waals surface area contributed by atoms with E-state index in [2.05, 4.69) is 36.7 Å². The summed E-state index contributed by atoms with van der Waals surface area (Å²) in [5.41, 5.74) is 4.41. The largest absolute Gasteiger partial charge is 0.362 e. The molecule has 1 aromatic carbocycles. The molecule has 0 saturated heterocycles. The summed E-state index contributed by atoms with van der Waals surface area (Å²) in [6.07, 6.45) is 1.35. The number of ketones is 2. The van der Waals surface area contributed by atoms with Crippen LogP contribution in [0.5, 0.6) is 0 Å². The van der Waals surface area contributed by atoms with Gasteiger partial charge in [0.05, 0.1) is 0 Å². The van der Waals surface area contributed by atoms with Crippen molar-refractivity contribution in [3.63, 3.8) is 0 Å². The average molecular weight is 365 g/mol. The van der Waals surface area contributed by atoms with Crippen LogP contribution in [0.3, 0.4) is 0 Å². The Bertz CT molecular complexity index is 1010. The monoisotopic (exact) mass is 365 g/mol. The summed E-state index contributed by atoms with van der Waals surface area (Å²) in [5, 5.41) is 6.66. The standard InChI is InChI=1S/C22H23NO2S/c1-12-19(13(2)24)20(15-11-26-18-8-6-5-7-14(15)18)21-16(23-12)9-22(3,4)10-17(21)25/h5-8,11,20,23H,9-10H2,1-4H3. The molecule has 2 heterocycles. The van der Waals surface area contributed by atoms with Gasteiger partial charge in [-0.05, 0) is 48.1 Å². The van der Waals surface area contributed by atoms with Gasteiger partial charge in [0.15, 0.2) is 11.6 Å². The minimum Gasteiger partial charge on any atom is -0.362 e. The third-order valence-electron chi connectivity index (χ3n) is 5.44. The second kappa shape index (κ2) is 5.92. The van der Waals surface area contributed by atoms with Gasteiger partial charge in [0.2, 0.25) is 0 Å². The third kappa shape index (κ3) is 2.64. The molecule has 1 aromatic heterocycles. The lowest BCUT2D eigenvalue weighted by Gasteiger charge is -2.39. The first-order valence-corrected chi connectivity index (χ1v) is 9.87. The van der Waals surface area contributed by atoms with E-state index in [0.29, 0.717) is 6.42 Å². The van der Waals surface area contributed by atoms with Crippen molar-refractivity contribution in [3.8, 4) is 0 Å². The van der Waals surface area contributed by atoms with Crippen molar-refractivity contribution in [2.75, 3.05) is 0 Å². The van der Waals surface area contributed by atoms with Crippen molar-refractivity contribution in [1.29, 1.82) is 0 Å². The highest BCUT2D eigenvalue weighted by Gasteiger charge is 2.42. The number of carbonyl (C=O) groups excluding carboxylic acids is 2. The van der Waals surface area contributed by atoms with Gasteiger partial charge in [-0.1, -0.05) is 32.0 Å². The Labute approximate surface area is 157 Å². The lowest BCUT2D eigenvalue weighted by molar-refractivity contribution is -0.118. The maximum atomic E-state index is 13.1. The molecule has 0 bridgehead atoms. The zero-order valence-corrected chi connectivity index (χ0v) is 16.4. The normalized spacial score (nSPS) is 22.5. The number of nitrogens with one attached hydrogen (secondary N) is 1. The smallest absolute Gasteiger partial charge is 0.162 e. The fraction of sp³-hybridized carbons (Fsp3) is 0.364. The molecule has 26 heavy (non-hydrogen) atoms. The van der Waals surface area contributed by atoms with Crippen LogP contribution in [0, 0.1) is 5.41 Å². The molecule has 1 N–H and O–H groups in total. The van der Waals surface area contributed by atoms with Crippen molar-refractivity contribution < 1.29 is 9.59 Å². The van der Waals surface area contributed by atoms with Crippen LogP contribution < -0.4 is 5.32 Å². The van der Waals surface area contributed by atoms with E-state index in [-0.39, 0.29) is 22.9 Å². The number of dihydropyridines is 1. The van der Waals surface area contributed by atoms with Crippen LogP contribution in [0.4, 0.5) is 0 Å². The van der Waals surface area contributed by atoms with E-state index < -0.39 is 0 Å². The van der Waals surface area contributed by atoms with Crippen molar-refractivity contribution in [2.24, 2.45) is 5.41 Å². The Morgan fingerprint density at radius 1 is 1.23 bits per heavy atom. The molecule has 3 nitrogen and oxygen atoms in total. The predicted octanol–water partition coefficient (Wildman–Crippen LogP) is 5.09. The highest BCUT2D eigenvalue weighted by atomic mass is 32.1. The first kappa shape index (κ1) is 17.2. The first-order chi connectivity index (χ1) is 12.3. The van der Waals surface area contributed by atoms with Gasteiger partial charge in [0.1, 0.15) is 0 Å². The summed E-state index contributed by atoms with van der Waals surface area (Å²) in [5.74, 6) is -0.0711. The van der Waals surface area contributed by atoms with Gasteiger partial charge in [0.25, 0.3) is 0 Å². The van der Waals surface area contributed by atoms with Gasteiger partial charge >= 0.3 is 0 Å². The fourth-order valence-corrected chi connectivity index (χ4v) is 5.42. The Balaban J connectivity index is 1.98. The van der Waals surface area contributed by atoms with E-state index in [1.165, 1.54) is 4.70 Å². The molecule has 1 aliphatic heterocycles. The number of Topliss-reactive ketones (excluding diaryl/α,β-unsaturated/α-hetero) is 2. The summed E-state index contributed by atoms with van der Waals surface area (Å²) in [6, 6.07) is 8.23. The molecule has 0 radical (unpaired) electrons. The van der Waals surface area contributed by atoms with Gasteiger partial charge in [-0.2, -0.15) is 0 Å². The maximum absolute atomic E-state index is 13.1. The predicted molar refractivity (Wildman–Crippen MR) is 106 cm³/mol. The second-order valence-corrected chi connectivity index (χ2v) is 9.08. The van der Waals surface area contributed by atoms with Crippen LogP contribution in [0.2, 0.25) is 0 Å². The number of thiophene rings is 1. The number of rotatable bonds is 2. The molecule has 2 aliphatic rings. The Kier molecular flexibility index (Phi) is 3.92. The van der Waals surface area contributed by atoms with Crippen molar-refractivity contribution in [1.82, 2.24) is 5.32 Å². The number of hydrogen-bond acceptors (Lipinski definition) is 4. The minimum absolute atomic E-state index is 0.0273. The van der Waals surface area contributed by atoms with Crippen molar-refractivity contribution in [3.05, 3.63) is 57.7 Å². The maximum Gasteiger partial charge on any atom is 0.162 e. The van der Waals surface area contributed by atoms with Crippen LogP contribution in [0.25, 0.3) is 10.1 Å². The van der Waals surface area contributed by atoms with Gasteiger partial charge in [-0.15, -0.1) is 11.3 Å². The lowest BCUT2D eigenvalue weighted by Crippen LogP contribution is -2.38. The SMILES string of the molecule is CC(=O)C1=C(C)NC2=C(C(=O)CC(C)(C)C2)C1c1csc2ccccc12. The summed E-state index contributed by atoms with van der Waals surface area (Å²) in [6.45, 7) is 7.81. The van der Waals surface area contributed by atoms with Gasteiger partial charge in [0, 0.05) is 39.6 Å². The van der Waals surface area contributed by atoms with Crippen LogP contribution in [-0.4, -0.2) is 11.6 Å². The molecule has 4 rings (SSSR count). The molecule has 1 unspecified atom stereocenters. The molecular weight excluding hydrogens is 342 g/mol. The zero-order valence-electron chi connectivity index (χ0n) is 15.6. The second-order valence-electron chi connectivity index (χ2n) is 8.17. The number of allylic oxidation sites excluding steroid dienone is 4. The van der Waals surface area contributed by atoms with E-state index in [1.54, 1.807) is 18.3 Å². The lowest BCUT2D eigenvalue weighted by atomic mass is 9.68. The zero-order chi connectivity index (χ0) is 18.6.